The van der Waals surface area contributed by atoms with Gasteiger partial charge in [-0.25, -0.2) is 0 Å². The minimum absolute atomic E-state index is 0.00755. The molecule has 16 heavy (non-hydrogen) atoms. The Morgan fingerprint density at radius 2 is 2.00 bits per heavy atom. The quantitative estimate of drug-likeness (QED) is 0.825. The van der Waals surface area contributed by atoms with Crippen LogP contribution in [0.5, 0.6) is 0 Å². The molecule has 2 rings (SSSR count). The van der Waals surface area contributed by atoms with Crippen molar-refractivity contribution in [3.05, 3.63) is 51.1 Å². The van der Waals surface area contributed by atoms with Gasteiger partial charge in [-0.2, -0.15) is 0 Å². The summed E-state index contributed by atoms with van der Waals surface area (Å²) in [5.41, 5.74) is 1.61. The maximum absolute atomic E-state index is 12.1. The number of anilines is 1. The fourth-order valence-corrected chi connectivity index (χ4v) is 2.52. The van der Waals surface area contributed by atoms with Crippen LogP contribution in [0.3, 0.4) is 0 Å². The number of halogens is 1. The van der Waals surface area contributed by atoms with Crippen molar-refractivity contribution >= 4 is 38.9 Å². The van der Waals surface area contributed by atoms with Crippen molar-refractivity contribution in [3.63, 3.8) is 0 Å². The highest BCUT2D eigenvalue weighted by Crippen LogP contribution is 2.23. The molecule has 1 heterocycles. The molecule has 0 aliphatic heterocycles. The SMILES string of the molecule is CN(C(=O)c1csc(Br)c1)c1ccccc1. The van der Waals surface area contributed by atoms with E-state index in [-0.39, 0.29) is 5.91 Å². The Morgan fingerprint density at radius 3 is 2.56 bits per heavy atom. The predicted molar refractivity (Wildman–Crippen MR) is 71.2 cm³/mol. The maximum atomic E-state index is 12.1. The van der Waals surface area contributed by atoms with E-state index < -0.39 is 0 Å². The Labute approximate surface area is 107 Å². The zero-order valence-corrected chi connectivity index (χ0v) is 11.1. The molecule has 0 saturated heterocycles. The number of carbonyl (C=O) groups is 1. The standard InChI is InChI=1S/C12H10BrNOS/c1-14(10-5-3-2-4-6-10)12(15)9-7-11(13)16-8-9/h2-8H,1H3. The van der Waals surface area contributed by atoms with E-state index >= 15 is 0 Å². The Bertz CT molecular complexity index is 495. The van der Waals surface area contributed by atoms with Crippen molar-refractivity contribution in [1.82, 2.24) is 0 Å². The molecule has 0 atom stereocenters. The number of thiophene rings is 1. The van der Waals surface area contributed by atoms with Crippen LogP contribution in [0, 0.1) is 0 Å². The Morgan fingerprint density at radius 1 is 1.31 bits per heavy atom. The van der Waals surface area contributed by atoms with Gasteiger partial charge in [0.15, 0.2) is 0 Å². The van der Waals surface area contributed by atoms with Crippen molar-refractivity contribution in [3.8, 4) is 0 Å². The van der Waals surface area contributed by atoms with Gasteiger partial charge in [0.25, 0.3) is 5.91 Å². The lowest BCUT2D eigenvalue weighted by molar-refractivity contribution is 0.0993. The van der Waals surface area contributed by atoms with Crippen LogP contribution in [-0.4, -0.2) is 13.0 Å². The number of amides is 1. The third-order valence-corrected chi connectivity index (χ3v) is 3.77. The molecule has 1 aromatic heterocycles. The average molecular weight is 296 g/mol. The van der Waals surface area contributed by atoms with Crippen molar-refractivity contribution in [2.75, 3.05) is 11.9 Å². The third-order valence-electron chi connectivity index (χ3n) is 2.26. The number of hydrogen-bond acceptors (Lipinski definition) is 2. The monoisotopic (exact) mass is 295 g/mol. The summed E-state index contributed by atoms with van der Waals surface area (Å²) in [5.74, 6) is 0.00755. The number of benzene rings is 1. The first-order valence-corrected chi connectivity index (χ1v) is 6.43. The summed E-state index contributed by atoms with van der Waals surface area (Å²) in [4.78, 5) is 13.7. The van der Waals surface area contributed by atoms with Gasteiger partial charge in [-0.15, -0.1) is 11.3 Å². The fourth-order valence-electron chi connectivity index (χ4n) is 1.38. The van der Waals surface area contributed by atoms with Gasteiger partial charge >= 0.3 is 0 Å². The summed E-state index contributed by atoms with van der Waals surface area (Å²) in [6.07, 6.45) is 0. The highest BCUT2D eigenvalue weighted by molar-refractivity contribution is 9.11. The van der Waals surface area contributed by atoms with Gasteiger partial charge in [0.2, 0.25) is 0 Å². The normalized spacial score (nSPS) is 10.1. The lowest BCUT2D eigenvalue weighted by atomic mass is 10.2. The molecule has 4 heteroatoms. The summed E-state index contributed by atoms with van der Waals surface area (Å²) in [6, 6.07) is 11.4. The van der Waals surface area contributed by atoms with Crippen LogP contribution in [-0.2, 0) is 0 Å². The summed E-state index contributed by atoms with van der Waals surface area (Å²) in [5, 5.41) is 1.85. The van der Waals surface area contributed by atoms with Crippen molar-refractivity contribution in [2.45, 2.75) is 0 Å². The molecule has 0 bridgehead atoms. The van der Waals surface area contributed by atoms with Crippen molar-refractivity contribution in [1.29, 1.82) is 0 Å². The zero-order chi connectivity index (χ0) is 11.5. The molecule has 0 radical (unpaired) electrons. The molecule has 0 spiro atoms. The highest BCUT2D eigenvalue weighted by Gasteiger charge is 2.14. The molecule has 0 N–H and O–H groups in total. The minimum Gasteiger partial charge on any atom is -0.311 e. The molecular weight excluding hydrogens is 286 g/mol. The second-order valence-corrected chi connectivity index (χ2v) is 5.63. The Balaban J connectivity index is 2.23. The van der Waals surface area contributed by atoms with E-state index in [1.165, 1.54) is 11.3 Å². The van der Waals surface area contributed by atoms with Gasteiger partial charge in [0.05, 0.1) is 9.35 Å². The lowest BCUT2D eigenvalue weighted by Gasteiger charge is -2.16. The molecule has 0 aliphatic rings. The van der Waals surface area contributed by atoms with E-state index in [1.54, 1.807) is 11.9 Å². The lowest BCUT2D eigenvalue weighted by Crippen LogP contribution is -2.25. The predicted octanol–water partition coefficient (Wildman–Crippen LogP) is 3.79. The summed E-state index contributed by atoms with van der Waals surface area (Å²) >= 11 is 4.87. The molecular formula is C12H10BrNOS. The summed E-state index contributed by atoms with van der Waals surface area (Å²) in [6.45, 7) is 0. The Hall–Kier alpha value is -1.13. The van der Waals surface area contributed by atoms with Crippen molar-refractivity contribution < 1.29 is 4.79 Å². The molecule has 0 fully saturated rings. The van der Waals surface area contributed by atoms with E-state index in [4.69, 9.17) is 0 Å². The number of nitrogens with zero attached hydrogens (tertiary/aromatic N) is 1. The molecule has 1 amide bonds. The van der Waals surface area contributed by atoms with Gasteiger partial charge in [-0.1, -0.05) is 18.2 Å². The van der Waals surface area contributed by atoms with Crippen LogP contribution in [0.4, 0.5) is 5.69 Å². The zero-order valence-electron chi connectivity index (χ0n) is 8.68. The van der Waals surface area contributed by atoms with E-state index in [0.29, 0.717) is 5.56 Å². The molecule has 2 aromatic rings. The fraction of sp³-hybridized carbons (Fsp3) is 0.0833. The van der Waals surface area contributed by atoms with Crippen LogP contribution in [0.2, 0.25) is 0 Å². The molecule has 82 valence electrons. The topological polar surface area (TPSA) is 20.3 Å². The summed E-state index contributed by atoms with van der Waals surface area (Å²) in [7, 11) is 1.78. The molecule has 0 aliphatic carbocycles. The first-order valence-electron chi connectivity index (χ1n) is 4.75. The van der Waals surface area contributed by atoms with Gasteiger partial charge in [0, 0.05) is 18.1 Å². The van der Waals surface area contributed by atoms with Crippen LogP contribution >= 0.6 is 27.3 Å². The second-order valence-electron chi connectivity index (χ2n) is 3.34. The first-order chi connectivity index (χ1) is 7.68. The van der Waals surface area contributed by atoms with Crippen LogP contribution in [0.25, 0.3) is 0 Å². The largest absolute Gasteiger partial charge is 0.311 e. The first kappa shape index (κ1) is 11.4. The van der Waals surface area contributed by atoms with Gasteiger partial charge in [0.1, 0.15) is 0 Å². The van der Waals surface area contributed by atoms with Gasteiger partial charge < -0.3 is 4.90 Å². The number of para-hydroxylation sites is 1. The smallest absolute Gasteiger partial charge is 0.258 e. The van der Waals surface area contributed by atoms with Crippen LogP contribution in [0.1, 0.15) is 10.4 Å². The van der Waals surface area contributed by atoms with E-state index in [1.807, 2.05) is 41.8 Å². The molecule has 1 aromatic carbocycles. The number of hydrogen-bond donors (Lipinski definition) is 0. The van der Waals surface area contributed by atoms with Crippen molar-refractivity contribution in [2.24, 2.45) is 0 Å². The number of rotatable bonds is 2. The van der Waals surface area contributed by atoms with Crippen LogP contribution in [0.15, 0.2) is 45.6 Å². The minimum atomic E-state index is 0.00755. The second kappa shape index (κ2) is 4.80. The maximum Gasteiger partial charge on any atom is 0.258 e. The number of carbonyl (C=O) groups excluding carboxylic acids is 1. The van der Waals surface area contributed by atoms with E-state index in [9.17, 15) is 4.79 Å². The molecule has 2 nitrogen and oxygen atoms in total. The third kappa shape index (κ3) is 2.33. The van der Waals surface area contributed by atoms with Gasteiger partial charge in [-0.3, -0.25) is 4.79 Å². The summed E-state index contributed by atoms with van der Waals surface area (Å²) < 4.78 is 0.970. The average Bonchev–Trinajstić information content (AvgIpc) is 2.75. The van der Waals surface area contributed by atoms with Crippen LogP contribution < -0.4 is 4.90 Å². The van der Waals surface area contributed by atoms with Gasteiger partial charge in [-0.05, 0) is 34.1 Å². The highest BCUT2D eigenvalue weighted by atomic mass is 79.9. The Kier molecular flexibility index (Phi) is 3.41. The molecule has 0 saturated carbocycles. The van der Waals surface area contributed by atoms with E-state index in [2.05, 4.69) is 15.9 Å². The van der Waals surface area contributed by atoms with E-state index in [0.717, 1.165) is 9.47 Å². The molecule has 0 unspecified atom stereocenters.